The Kier molecular flexibility index (Phi) is 4.48. The van der Waals surface area contributed by atoms with Crippen molar-refractivity contribution in [3.05, 3.63) is 0 Å². The van der Waals surface area contributed by atoms with Crippen LogP contribution in [0.5, 0.6) is 0 Å². The molecule has 2 atom stereocenters. The van der Waals surface area contributed by atoms with Gasteiger partial charge in [0.25, 0.3) is 0 Å². The SMILES string of the molecule is CCCNC(C1CCC1)C1CCOC2(CCCC2)C1. The van der Waals surface area contributed by atoms with E-state index in [1.165, 1.54) is 70.8 Å². The first-order valence-electron chi connectivity index (χ1n) is 8.70. The van der Waals surface area contributed by atoms with Gasteiger partial charge in [-0.1, -0.05) is 26.2 Å². The summed E-state index contributed by atoms with van der Waals surface area (Å²) < 4.78 is 6.21. The molecule has 2 aliphatic carbocycles. The van der Waals surface area contributed by atoms with E-state index in [1.54, 1.807) is 0 Å². The fraction of sp³-hybridized carbons (Fsp3) is 1.00. The molecule has 2 unspecified atom stereocenters. The topological polar surface area (TPSA) is 21.3 Å². The summed E-state index contributed by atoms with van der Waals surface area (Å²) >= 11 is 0. The summed E-state index contributed by atoms with van der Waals surface area (Å²) in [5, 5.41) is 3.89. The maximum Gasteiger partial charge on any atom is 0.0685 e. The van der Waals surface area contributed by atoms with Gasteiger partial charge in [0.1, 0.15) is 0 Å². The van der Waals surface area contributed by atoms with Crippen LogP contribution in [0.4, 0.5) is 0 Å². The van der Waals surface area contributed by atoms with Crippen molar-refractivity contribution in [3.63, 3.8) is 0 Å². The van der Waals surface area contributed by atoms with E-state index in [0.29, 0.717) is 5.60 Å². The van der Waals surface area contributed by atoms with E-state index in [9.17, 15) is 0 Å². The second kappa shape index (κ2) is 6.13. The predicted molar refractivity (Wildman–Crippen MR) is 79.3 cm³/mol. The van der Waals surface area contributed by atoms with E-state index in [1.807, 2.05) is 0 Å². The molecule has 0 bridgehead atoms. The third-order valence-electron chi connectivity index (χ3n) is 5.84. The molecule has 3 fully saturated rings. The molecular formula is C17H31NO. The van der Waals surface area contributed by atoms with Crippen molar-refractivity contribution in [1.82, 2.24) is 5.32 Å². The van der Waals surface area contributed by atoms with Gasteiger partial charge in [-0.3, -0.25) is 0 Å². The molecule has 3 rings (SSSR count). The number of ether oxygens (including phenoxy) is 1. The molecule has 19 heavy (non-hydrogen) atoms. The summed E-state index contributed by atoms with van der Waals surface area (Å²) in [6.07, 6.45) is 13.7. The van der Waals surface area contributed by atoms with Crippen LogP contribution in [0, 0.1) is 11.8 Å². The minimum atomic E-state index is 0.290. The Morgan fingerprint density at radius 1 is 1.11 bits per heavy atom. The zero-order chi connectivity index (χ0) is 13.1. The highest BCUT2D eigenvalue weighted by Crippen LogP contribution is 2.45. The lowest BCUT2D eigenvalue weighted by molar-refractivity contribution is -0.103. The first-order chi connectivity index (χ1) is 9.33. The minimum Gasteiger partial charge on any atom is -0.375 e. The van der Waals surface area contributed by atoms with Crippen LogP contribution in [-0.2, 0) is 4.74 Å². The van der Waals surface area contributed by atoms with Crippen molar-refractivity contribution < 1.29 is 4.74 Å². The Labute approximate surface area is 118 Å². The Hall–Kier alpha value is -0.0800. The van der Waals surface area contributed by atoms with Crippen LogP contribution in [0.3, 0.4) is 0 Å². The van der Waals surface area contributed by atoms with Gasteiger partial charge in [0, 0.05) is 12.6 Å². The van der Waals surface area contributed by atoms with Gasteiger partial charge >= 0.3 is 0 Å². The molecule has 0 amide bonds. The molecule has 2 nitrogen and oxygen atoms in total. The molecule has 2 saturated carbocycles. The number of rotatable bonds is 5. The van der Waals surface area contributed by atoms with E-state index in [4.69, 9.17) is 4.74 Å². The van der Waals surface area contributed by atoms with Gasteiger partial charge in [0.15, 0.2) is 0 Å². The monoisotopic (exact) mass is 265 g/mol. The molecule has 0 aromatic rings. The van der Waals surface area contributed by atoms with Gasteiger partial charge < -0.3 is 10.1 Å². The summed E-state index contributed by atoms with van der Waals surface area (Å²) in [4.78, 5) is 0. The summed E-state index contributed by atoms with van der Waals surface area (Å²) in [5.41, 5.74) is 0.290. The first-order valence-corrected chi connectivity index (χ1v) is 8.70. The first kappa shape index (κ1) is 13.9. The van der Waals surface area contributed by atoms with Crippen molar-refractivity contribution in [1.29, 1.82) is 0 Å². The van der Waals surface area contributed by atoms with Crippen LogP contribution >= 0.6 is 0 Å². The van der Waals surface area contributed by atoms with Gasteiger partial charge in [0.05, 0.1) is 5.60 Å². The highest BCUT2D eigenvalue weighted by Gasteiger charge is 2.43. The molecule has 3 aliphatic rings. The lowest BCUT2D eigenvalue weighted by Crippen LogP contribution is -2.50. The molecule has 0 aromatic heterocycles. The summed E-state index contributed by atoms with van der Waals surface area (Å²) in [7, 11) is 0. The summed E-state index contributed by atoms with van der Waals surface area (Å²) in [5.74, 6) is 1.84. The van der Waals surface area contributed by atoms with Gasteiger partial charge in [-0.15, -0.1) is 0 Å². The maximum atomic E-state index is 6.21. The second-order valence-electron chi connectivity index (χ2n) is 7.16. The number of hydrogen-bond acceptors (Lipinski definition) is 2. The number of nitrogens with one attached hydrogen (secondary N) is 1. The molecule has 1 saturated heterocycles. The fourth-order valence-corrected chi connectivity index (χ4v) is 4.57. The Balaban J connectivity index is 1.63. The van der Waals surface area contributed by atoms with Gasteiger partial charge in [0.2, 0.25) is 0 Å². The standard InChI is InChI=1S/C17H31NO/c1-2-11-18-16(14-6-5-7-14)15-8-12-19-17(13-15)9-3-4-10-17/h14-16,18H,2-13H2,1H3. The highest BCUT2D eigenvalue weighted by molar-refractivity contribution is 4.97. The molecule has 0 radical (unpaired) electrons. The van der Waals surface area contributed by atoms with Crippen molar-refractivity contribution >= 4 is 0 Å². The zero-order valence-corrected chi connectivity index (χ0v) is 12.6. The Morgan fingerprint density at radius 2 is 1.89 bits per heavy atom. The third kappa shape index (κ3) is 3.00. The van der Waals surface area contributed by atoms with E-state index >= 15 is 0 Å². The zero-order valence-electron chi connectivity index (χ0n) is 12.6. The molecule has 1 spiro atoms. The van der Waals surface area contributed by atoms with Crippen molar-refractivity contribution in [3.8, 4) is 0 Å². The van der Waals surface area contributed by atoms with Crippen LogP contribution in [0.2, 0.25) is 0 Å². The molecular weight excluding hydrogens is 234 g/mol. The predicted octanol–water partition coefficient (Wildman–Crippen LogP) is 3.89. The van der Waals surface area contributed by atoms with Crippen LogP contribution in [-0.4, -0.2) is 24.8 Å². The highest BCUT2D eigenvalue weighted by atomic mass is 16.5. The van der Waals surface area contributed by atoms with E-state index in [2.05, 4.69) is 12.2 Å². The van der Waals surface area contributed by atoms with Crippen LogP contribution < -0.4 is 5.32 Å². The van der Waals surface area contributed by atoms with Crippen molar-refractivity contribution in [2.75, 3.05) is 13.2 Å². The van der Waals surface area contributed by atoms with Gasteiger partial charge in [-0.05, 0) is 63.3 Å². The molecule has 0 aromatic carbocycles. The van der Waals surface area contributed by atoms with Gasteiger partial charge in [-0.2, -0.15) is 0 Å². The molecule has 1 aliphatic heterocycles. The quantitative estimate of drug-likeness (QED) is 0.814. The molecule has 2 heteroatoms. The van der Waals surface area contributed by atoms with Crippen LogP contribution in [0.1, 0.15) is 71.1 Å². The lowest BCUT2D eigenvalue weighted by atomic mass is 9.70. The summed E-state index contributed by atoms with van der Waals surface area (Å²) in [6.45, 7) is 4.50. The average molecular weight is 265 g/mol. The van der Waals surface area contributed by atoms with E-state index < -0.39 is 0 Å². The molecule has 1 N–H and O–H groups in total. The van der Waals surface area contributed by atoms with Crippen LogP contribution in [0.15, 0.2) is 0 Å². The third-order valence-corrected chi connectivity index (χ3v) is 5.84. The smallest absolute Gasteiger partial charge is 0.0685 e. The Morgan fingerprint density at radius 3 is 2.53 bits per heavy atom. The average Bonchev–Trinajstić information content (AvgIpc) is 2.80. The van der Waals surface area contributed by atoms with Crippen molar-refractivity contribution in [2.45, 2.75) is 82.8 Å². The maximum absolute atomic E-state index is 6.21. The van der Waals surface area contributed by atoms with Crippen LogP contribution in [0.25, 0.3) is 0 Å². The van der Waals surface area contributed by atoms with Crippen molar-refractivity contribution in [2.24, 2.45) is 11.8 Å². The normalized spacial score (nSPS) is 32.4. The Bertz CT molecular complexity index is 281. The van der Waals surface area contributed by atoms with E-state index in [0.717, 1.165) is 24.5 Å². The van der Waals surface area contributed by atoms with Gasteiger partial charge in [-0.25, -0.2) is 0 Å². The summed E-state index contributed by atoms with van der Waals surface area (Å²) in [6, 6.07) is 0.787. The minimum absolute atomic E-state index is 0.290. The molecule has 110 valence electrons. The molecule has 1 heterocycles. The lowest BCUT2D eigenvalue weighted by Gasteiger charge is -2.46. The fourth-order valence-electron chi connectivity index (χ4n) is 4.57. The van der Waals surface area contributed by atoms with E-state index in [-0.39, 0.29) is 0 Å². The largest absolute Gasteiger partial charge is 0.375 e. The number of hydrogen-bond donors (Lipinski definition) is 1. The second-order valence-corrected chi connectivity index (χ2v) is 7.16.